The molecule has 1 fully saturated rings. The normalized spacial score (nSPS) is 15.5. The summed E-state index contributed by atoms with van der Waals surface area (Å²) in [7, 11) is 0. The largest absolute Gasteiger partial charge is 0.504 e. The molecule has 15 heavy (non-hydrogen) atoms. The molecule has 0 aromatic heterocycles. The van der Waals surface area contributed by atoms with Gasteiger partial charge in [-0.05, 0) is 25.0 Å². The summed E-state index contributed by atoms with van der Waals surface area (Å²) in [5.41, 5.74) is -0.347. The van der Waals surface area contributed by atoms with E-state index in [0.717, 1.165) is 12.8 Å². The fraction of sp³-hybridized carbons (Fsp3) is 0.417. The molecule has 0 spiro atoms. The highest BCUT2D eigenvalue weighted by Gasteiger charge is 2.09. The second-order valence-corrected chi connectivity index (χ2v) is 3.60. The predicted octanol–water partition coefficient (Wildman–Crippen LogP) is 1.67. The van der Waals surface area contributed by atoms with Crippen LogP contribution in [0.15, 0.2) is 35.1 Å². The molecule has 3 nitrogen and oxygen atoms in total. The highest BCUT2D eigenvalue weighted by atomic mass is 16.3. The molecule has 0 radical (unpaired) electrons. The van der Waals surface area contributed by atoms with E-state index in [1.54, 1.807) is 18.2 Å². The second kappa shape index (κ2) is 6.19. The van der Waals surface area contributed by atoms with Crippen LogP contribution in [0.25, 0.3) is 0 Å². The van der Waals surface area contributed by atoms with E-state index < -0.39 is 0 Å². The van der Waals surface area contributed by atoms with Gasteiger partial charge in [0.25, 0.3) is 0 Å². The van der Waals surface area contributed by atoms with Gasteiger partial charge in [-0.15, -0.1) is 0 Å². The van der Waals surface area contributed by atoms with Gasteiger partial charge in [-0.3, -0.25) is 4.79 Å². The van der Waals surface area contributed by atoms with Crippen LogP contribution < -0.4 is 5.43 Å². The zero-order valence-electron chi connectivity index (χ0n) is 8.60. The van der Waals surface area contributed by atoms with E-state index in [4.69, 9.17) is 10.2 Å². The number of hydrogen-bond donors (Lipinski definition) is 2. The molecule has 82 valence electrons. The van der Waals surface area contributed by atoms with Gasteiger partial charge >= 0.3 is 0 Å². The number of aromatic hydroxyl groups is 1. The van der Waals surface area contributed by atoms with Gasteiger partial charge in [0, 0.05) is 0 Å². The summed E-state index contributed by atoms with van der Waals surface area (Å²) in [6.07, 6.45) is 4.60. The van der Waals surface area contributed by atoms with Crippen molar-refractivity contribution in [2.75, 3.05) is 0 Å². The van der Waals surface area contributed by atoms with E-state index in [1.807, 2.05) is 0 Å². The molecular weight excluding hydrogens is 192 g/mol. The molecule has 1 aliphatic rings. The Balaban J connectivity index is 0.000000162. The van der Waals surface area contributed by atoms with Gasteiger partial charge in [0.05, 0.1) is 6.10 Å². The fourth-order valence-electron chi connectivity index (χ4n) is 1.43. The van der Waals surface area contributed by atoms with E-state index in [9.17, 15) is 4.79 Å². The molecule has 0 aliphatic heterocycles. The molecule has 0 bridgehead atoms. The van der Waals surface area contributed by atoms with Gasteiger partial charge in [-0.1, -0.05) is 31.0 Å². The lowest BCUT2D eigenvalue weighted by molar-refractivity contribution is 0.183. The summed E-state index contributed by atoms with van der Waals surface area (Å²) in [5, 5.41) is 17.5. The monoisotopic (exact) mass is 208 g/mol. The van der Waals surface area contributed by atoms with Gasteiger partial charge < -0.3 is 10.2 Å². The third kappa shape index (κ3) is 4.61. The van der Waals surface area contributed by atoms with E-state index in [-0.39, 0.29) is 17.3 Å². The van der Waals surface area contributed by atoms with Crippen LogP contribution in [0.1, 0.15) is 25.7 Å². The van der Waals surface area contributed by atoms with E-state index in [2.05, 4.69) is 0 Å². The number of hydrogen-bond acceptors (Lipinski definition) is 3. The van der Waals surface area contributed by atoms with Gasteiger partial charge in [0.2, 0.25) is 5.43 Å². The van der Waals surface area contributed by atoms with E-state index in [0.29, 0.717) is 0 Å². The predicted molar refractivity (Wildman–Crippen MR) is 58.9 cm³/mol. The molecule has 0 amide bonds. The van der Waals surface area contributed by atoms with E-state index >= 15 is 0 Å². The van der Waals surface area contributed by atoms with Crippen LogP contribution in [0, 0.1) is 0 Å². The van der Waals surface area contributed by atoms with Crippen LogP contribution >= 0.6 is 0 Å². The standard InChI is InChI=1S/C7H6O2.C5H10O/c8-6-4-2-1-3-5-7(6)9;6-5-3-1-2-4-5/h1-5H,(H,8,9);5-6H,1-4H2. The molecule has 0 atom stereocenters. The van der Waals surface area contributed by atoms with Crippen LogP contribution in [0.5, 0.6) is 5.75 Å². The van der Waals surface area contributed by atoms with Gasteiger partial charge in [-0.2, -0.15) is 0 Å². The smallest absolute Gasteiger partial charge is 0.220 e. The molecule has 3 heteroatoms. The Morgan fingerprint density at radius 2 is 1.67 bits per heavy atom. The average molecular weight is 208 g/mol. The number of rotatable bonds is 0. The summed E-state index contributed by atoms with van der Waals surface area (Å²) in [4.78, 5) is 10.6. The van der Waals surface area contributed by atoms with Crippen molar-refractivity contribution < 1.29 is 10.2 Å². The summed E-state index contributed by atoms with van der Waals surface area (Å²) in [6, 6.07) is 7.55. The number of aliphatic hydroxyl groups excluding tert-OH is 1. The average Bonchev–Trinajstić information content (AvgIpc) is 2.61. The lowest BCUT2D eigenvalue weighted by atomic mass is 10.3. The molecule has 1 aliphatic carbocycles. The maximum atomic E-state index is 10.6. The maximum Gasteiger partial charge on any atom is 0.220 e. The van der Waals surface area contributed by atoms with Crippen molar-refractivity contribution >= 4 is 0 Å². The van der Waals surface area contributed by atoms with Crippen LogP contribution in [0.4, 0.5) is 0 Å². The Hall–Kier alpha value is -1.35. The van der Waals surface area contributed by atoms with Crippen LogP contribution in [0.3, 0.4) is 0 Å². The van der Waals surface area contributed by atoms with E-state index in [1.165, 1.54) is 25.0 Å². The van der Waals surface area contributed by atoms with Crippen molar-refractivity contribution in [3.63, 3.8) is 0 Å². The summed E-state index contributed by atoms with van der Waals surface area (Å²) in [6.45, 7) is 0. The minimum atomic E-state index is -0.347. The summed E-state index contributed by atoms with van der Waals surface area (Å²) in [5.74, 6) is -0.208. The molecular formula is C12H16O3. The fourth-order valence-corrected chi connectivity index (χ4v) is 1.43. The lowest BCUT2D eigenvalue weighted by Gasteiger charge is -1.91. The molecule has 1 aromatic carbocycles. The Morgan fingerprint density at radius 3 is 2.20 bits per heavy atom. The van der Waals surface area contributed by atoms with Crippen molar-refractivity contribution in [2.24, 2.45) is 0 Å². The molecule has 2 rings (SSSR count). The van der Waals surface area contributed by atoms with Crippen molar-refractivity contribution in [3.8, 4) is 5.75 Å². The summed E-state index contributed by atoms with van der Waals surface area (Å²) >= 11 is 0. The first-order valence-corrected chi connectivity index (χ1v) is 5.16. The van der Waals surface area contributed by atoms with Gasteiger partial charge in [0.15, 0.2) is 5.75 Å². The lowest BCUT2D eigenvalue weighted by Crippen LogP contribution is -1.94. The molecule has 0 unspecified atom stereocenters. The maximum absolute atomic E-state index is 10.6. The second-order valence-electron chi connectivity index (χ2n) is 3.60. The Morgan fingerprint density at radius 1 is 1.07 bits per heavy atom. The molecule has 0 heterocycles. The zero-order chi connectivity index (χ0) is 11.1. The topological polar surface area (TPSA) is 57.5 Å². The molecule has 2 N–H and O–H groups in total. The first kappa shape index (κ1) is 11.7. The molecule has 1 aromatic rings. The highest BCUT2D eigenvalue weighted by Crippen LogP contribution is 2.16. The summed E-state index contributed by atoms with van der Waals surface area (Å²) < 4.78 is 0. The quantitative estimate of drug-likeness (QED) is 0.682. The Labute approximate surface area is 89.0 Å². The zero-order valence-corrected chi connectivity index (χ0v) is 8.60. The first-order valence-electron chi connectivity index (χ1n) is 5.16. The highest BCUT2D eigenvalue weighted by molar-refractivity contribution is 5.17. The van der Waals surface area contributed by atoms with Crippen LogP contribution in [-0.2, 0) is 0 Å². The third-order valence-corrected chi connectivity index (χ3v) is 2.30. The SMILES string of the molecule is O=c1cccccc1O.OC1CCCC1. The third-order valence-electron chi connectivity index (χ3n) is 2.30. The minimum Gasteiger partial charge on any atom is -0.504 e. The number of aliphatic hydroxyl groups is 1. The molecule has 0 saturated heterocycles. The van der Waals surface area contributed by atoms with Crippen molar-refractivity contribution in [2.45, 2.75) is 31.8 Å². The molecule has 1 saturated carbocycles. The van der Waals surface area contributed by atoms with Crippen molar-refractivity contribution in [1.29, 1.82) is 0 Å². The minimum absolute atomic E-state index is 0.0463. The van der Waals surface area contributed by atoms with Crippen molar-refractivity contribution in [3.05, 3.63) is 40.6 Å². The Kier molecular flexibility index (Phi) is 4.84. The van der Waals surface area contributed by atoms with Gasteiger partial charge in [0.1, 0.15) is 0 Å². The Bertz CT molecular complexity index is 343. The van der Waals surface area contributed by atoms with Gasteiger partial charge in [-0.25, -0.2) is 0 Å². The van der Waals surface area contributed by atoms with Crippen molar-refractivity contribution in [1.82, 2.24) is 0 Å². The first-order chi connectivity index (χ1) is 7.20. The van der Waals surface area contributed by atoms with Crippen LogP contribution in [0.2, 0.25) is 0 Å². The van der Waals surface area contributed by atoms with Crippen LogP contribution in [-0.4, -0.2) is 16.3 Å².